The van der Waals surface area contributed by atoms with Crippen LogP contribution in [-0.4, -0.2) is 38.4 Å². The fourth-order valence-corrected chi connectivity index (χ4v) is 3.33. The van der Waals surface area contributed by atoms with Gasteiger partial charge in [-0.05, 0) is 66.6 Å². The highest BCUT2D eigenvalue weighted by Crippen LogP contribution is 2.31. The van der Waals surface area contributed by atoms with Gasteiger partial charge in [-0.3, -0.25) is 4.79 Å². The van der Waals surface area contributed by atoms with Crippen molar-refractivity contribution in [1.29, 1.82) is 0 Å². The number of rotatable bonds is 12. The van der Waals surface area contributed by atoms with E-state index in [1.165, 1.54) is 13.3 Å². The van der Waals surface area contributed by atoms with Gasteiger partial charge >= 0.3 is 5.97 Å². The molecule has 1 amide bonds. The molecule has 0 aliphatic rings. The summed E-state index contributed by atoms with van der Waals surface area (Å²) in [5.41, 5.74) is 3.33. The molecule has 0 radical (unpaired) electrons. The van der Waals surface area contributed by atoms with Crippen LogP contribution in [-0.2, 0) is 4.79 Å². The topological polar surface area (TPSA) is 95.5 Å². The zero-order valence-electron chi connectivity index (χ0n) is 20.3. The van der Waals surface area contributed by atoms with Crippen molar-refractivity contribution in [3.05, 3.63) is 81.8 Å². The van der Waals surface area contributed by atoms with Crippen molar-refractivity contribution in [2.24, 2.45) is 5.10 Å². The van der Waals surface area contributed by atoms with E-state index in [4.69, 9.17) is 42.1 Å². The highest BCUT2D eigenvalue weighted by molar-refractivity contribution is 6.42. The van der Waals surface area contributed by atoms with Gasteiger partial charge in [-0.1, -0.05) is 42.6 Å². The van der Waals surface area contributed by atoms with E-state index in [1.807, 2.05) is 0 Å². The molecule has 0 saturated carbocycles. The summed E-state index contributed by atoms with van der Waals surface area (Å²) in [6, 6.07) is 16.5. The molecular formula is C27H26Cl2N2O6. The second-order valence-electron chi connectivity index (χ2n) is 7.66. The van der Waals surface area contributed by atoms with Crippen LogP contribution < -0.4 is 24.4 Å². The number of hydrazone groups is 1. The van der Waals surface area contributed by atoms with Crippen molar-refractivity contribution in [2.75, 3.05) is 20.3 Å². The van der Waals surface area contributed by atoms with Crippen molar-refractivity contribution in [1.82, 2.24) is 5.43 Å². The average Bonchev–Trinajstić information content (AvgIpc) is 2.90. The molecule has 3 aromatic rings. The molecule has 0 aliphatic carbocycles. The summed E-state index contributed by atoms with van der Waals surface area (Å²) >= 11 is 12.0. The molecule has 37 heavy (non-hydrogen) atoms. The summed E-state index contributed by atoms with van der Waals surface area (Å²) in [6.45, 7) is 2.41. The summed E-state index contributed by atoms with van der Waals surface area (Å²) in [6.07, 6.45) is 3.42. The van der Waals surface area contributed by atoms with Gasteiger partial charge in [0.05, 0.1) is 30.5 Å². The Bertz CT molecular complexity index is 1250. The van der Waals surface area contributed by atoms with Gasteiger partial charge in [-0.15, -0.1) is 0 Å². The van der Waals surface area contributed by atoms with E-state index >= 15 is 0 Å². The Morgan fingerprint density at radius 2 is 1.76 bits per heavy atom. The molecule has 0 unspecified atom stereocenters. The average molecular weight is 545 g/mol. The zero-order valence-corrected chi connectivity index (χ0v) is 21.8. The fourth-order valence-electron chi connectivity index (χ4n) is 2.98. The molecule has 0 bridgehead atoms. The quantitative estimate of drug-likeness (QED) is 0.0997. The Balaban J connectivity index is 1.54. The fraction of sp³-hybridized carbons (Fsp3) is 0.222. The van der Waals surface area contributed by atoms with Crippen molar-refractivity contribution >= 4 is 41.3 Å². The highest BCUT2D eigenvalue weighted by atomic mass is 35.5. The number of carbonyl (C=O) groups is 2. The lowest BCUT2D eigenvalue weighted by Gasteiger charge is -2.10. The van der Waals surface area contributed by atoms with Crippen molar-refractivity contribution < 1.29 is 28.5 Å². The monoisotopic (exact) mass is 544 g/mol. The van der Waals surface area contributed by atoms with E-state index in [-0.39, 0.29) is 17.4 Å². The first-order valence-electron chi connectivity index (χ1n) is 11.4. The summed E-state index contributed by atoms with van der Waals surface area (Å²) < 4.78 is 21.8. The smallest absolute Gasteiger partial charge is 0.343 e. The lowest BCUT2D eigenvalue weighted by atomic mass is 10.2. The third-order valence-corrected chi connectivity index (χ3v) is 5.73. The van der Waals surface area contributed by atoms with Gasteiger partial charge in [-0.2, -0.15) is 5.10 Å². The van der Waals surface area contributed by atoms with Crippen LogP contribution in [0, 0.1) is 0 Å². The standard InChI is InChI=1S/C27H26Cl2N2O6/c1-3-4-14-35-20-11-9-19(10-12-20)27(33)37-22-13-8-18(15-24(22)34-2)16-30-31-25(32)17-36-23-7-5-6-21(28)26(23)29/h5-13,15-16H,3-4,14,17H2,1-2H3,(H,31,32)/b30-16+. The molecule has 3 rings (SSSR count). The van der Waals surface area contributed by atoms with Crippen LogP contribution >= 0.6 is 23.2 Å². The molecule has 3 aromatic carbocycles. The molecule has 0 fully saturated rings. The van der Waals surface area contributed by atoms with Gasteiger partial charge in [0.15, 0.2) is 18.1 Å². The molecule has 0 heterocycles. The number of nitrogens with one attached hydrogen (secondary N) is 1. The minimum atomic E-state index is -0.535. The molecule has 0 atom stereocenters. The summed E-state index contributed by atoms with van der Waals surface area (Å²) in [4.78, 5) is 24.6. The Morgan fingerprint density at radius 1 is 0.973 bits per heavy atom. The third kappa shape index (κ3) is 8.41. The molecule has 0 spiro atoms. The number of carbonyl (C=O) groups excluding carboxylic acids is 2. The van der Waals surface area contributed by atoms with Gasteiger partial charge in [0.2, 0.25) is 0 Å². The maximum absolute atomic E-state index is 12.6. The van der Waals surface area contributed by atoms with Crippen LogP contribution in [0.2, 0.25) is 10.0 Å². The first kappa shape index (κ1) is 27.8. The number of hydrogen-bond acceptors (Lipinski definition) is 7. The summed E-state index contributed by atoms with van der Waals surface area (Å²) in [5.74, 6) is 0.516. The SMILES string of the molecule is CCCCOc1ccc(C(=O)Oc2ccc(/C=N/NC(=O)COc3cccc(Cl)c3Cl)cc2OC)cc1. The maximum Gasteiger partial charge on any atom is 0.343 e. The predicted molar refractivity (Wildman–Crippen MR) is 142 cm³/mol. The van der Waals surface area contributed by atoms with Crippen LogP contribution in [0.1, 0.15) is 35.7 Å². The van der Waals surface area contributed by atoms with Crippen LogP contribution in [0.5, 0.6) is 23.0 Å². The largest absolute Gasteiger partial charge is 0.494 e. The van der Waals surface area contributed by atoms with Crippen molar-refractivity contribution in [2.45, 2.75) is 19.8 Å². The summed E-state index contributed by atoms with van der Waals surface area (Å²) in [5, 5.41) is 4.45. The molecule has 194 valence electrons. The lowest BCUT2D eigenvalue weighted by molar-refractivity contribution is -0.123. The highest BCUT2D eigenvalue weighted by Gasteiger charge is 2.13. The van der Waals surface area contributed by atoms with E-state index in [0.717, 1.165) is 12.8 Å². The Kier molecular flexibility index (Phi) is 10.6. The molecule has 8 nitrogen and oxygen atoms in total. The summed E-state index contributed by atoms with van der Waals surface area (Å²) in [7, 11) is 1.45. The van der Waals surface area contributed by atoms with Gasteiger partial charge in [0.1, 0.15) is 16.5 Å². The third-order valence-electron chi connectivity index (χ3n) is 4.92. The zero-order chi connectivity index (χ0) is 26.6. The van der Waals surface area contributed by atoms with E-state index in [1.54, 1.807) is 60.7 Å². The van der Waals surface area contributed by atoms with Gasteiger partial charge in [0.25, 0.3) is 5.91 Å². The number of nitrogens with zero attached hydrogens (tertiary/aromatic N) is 1. The molecule has 10 heteroatoms. The second-order valence-corrected chi connectivity index (χ2v) is 8.45. The number of ether oxygens (including phenoxy) is 4. The predicted octanol–water partition coefficient (Wildman–Crippen LogP) is 5.93. The Labute approximate surface area is 225 Å². The van der Waals surface area contributed by atoms with E-state index in [2.05, 4.69) is 17.5 Å². The minimum Gasteiger partial charge on any atom is -0.494 e. The molecule has 0 saturated heterocycles. The minimum absolute atomic E-state index is 0.224. The molecule has 0 aliphatic heterocycles. The number of benzene rings is 3. The molecule has 0 aromatic heterocycles. The maximum atomic E-state index is 12.6. The van der Waals surface area contributed by atoms with E-state index in [9.17, 15) is 9.59 Å². The van der Waals surface area contributed by atoms with Gasteiger partial charge in [0, 0.05) is 0 Å². The number of esters is 1. The number of methoxy groups -OCH3 is 1. The first-order valence-corrected chi connectivity index (χ1v) is 12.2. The van der Waals surface area contributed by atoms with E-state index < -0.39 is 11.9 Å². The number of unbranched alkanes of at least 4 members (excludes halogenated alkanes) is 1. The number of hydrogen-bond donors (Lipinski definition) is 1. The molecular weight excluding hydrogens is 519 g/mol. The van der Waals surface area contributed by atoms with Gasteiger partial charge in [-0.25, -0.2) is 10.2 Å². The van der Waals surface area contributed by atoms with E-state index in [0.29, 0.717) is 40.0 Å². The Morgan fingerprint density at radius 3 is 2.49 bits per heavy atom. The van der Waals surface area contributed by atoms with Crippen LogP contribution in [0.25, 0.3) is 0 Å². The lowest BCUT2D eigenvalue weighted by Crippen LogP contribution is -2.24. The van der Waals surface area contributed by atoms with Gasteiger partial charge < -0.3 is 18.9 Å². The molecule has 1 N–H and O–H groups in total. The number of halogens is 2. The van der Waals surface area contributed by atoms with Crippen molar-refractivity contribution in [3.8, 4) is 23.0 Å². The van der Waals surface area contributed by atoms with Crippen molar-refractivity contribution in [3.63, 3.8) is 0 Å². The van der Waals surface area contributed by atoms with Crippen LogP contribution in [0.15, 0.2) is 65.8 Å². The normalized spacial score (nSPS) is 10.7. The Hall–Kier alpha value is -3.75. The first-order chi connectivity index (χ1) is 17.9. The number of amides is 1. The van der Waals surface area contributed by atoms with Crippen LogP contribution in [0.3, 0.4) is 0 Å². The second kappa shape index (κ2) is 14.1. The van der Waals surface area contributed by atoms with Crippen LogP contribution in [0.4, 0.5) is 0 Å².